The smallest absolute Gasteiger partial charge is 0.0717 e. The highest BCUT2D eigenvalue weighted by atomic mass is 32.3. The Morgan fingerprint density at radius 3 is 1.39 bits per heavy atom. The summed E-state index contributed by atoms with van der Waals surface area (Å²) in [5.74, 6) is 1.90. The summed E-state index contributed by atoms with van der Waals surface area (Å²) in [6, 6.07) is 0. The van der Waals surface area contributed by atoms with Crippen LogP contribution in [-0.2, 0) is 9.47 Å². The molecule has 0 atom stereocenters. The molecule has 160 valence electrons. The molecule has 0 fully saturated rings. The van der Waals surface area contributed by atoms with Gasteiger partial charge in [0.05, 0.1) is 51.9 Å². The largest absolute Gasteiger partial charge is 0.379 e. The van der Waals surface area contributed by atoms with Crippen molar-refractivity contribution in [2.24, 2.45) is 11.5 Å². The minimum absolute atomic E-state index is 0.578. The van der Waals surface area contributed by atoms with E-state index in [1.807, 2.05) is 94.1 Å². The second kappa shape index (κ2) is 15.6. The monoisotopic (exact) mass is 534 g/mol. The zero-order valence-electron chi connectivity index (χ0n) is 15.9. The van der Waals surface area contributed by atoms with Gasteiger partial charge in [-0.2, -0.15) is 0 Å². The van der Waals surface area contributed by atoms with Gasteiger partial charge in [-0.1, -0.05) is 47.0 Å². The minimum atomic E-state index is 0.578. The molecule has 2 rings (SSSR count). The minimum Gasteiger partial charge on any atom is -0.379 e. The summed E-state index contributed by atoms with van der Waals surface area (Å²) in [6.45, 7) is 3.89. The third-order valence-electron chi connectivity index (χ3n) is 3.06. The Kier molecular flexibility index (Phi) is 14.6. The molecule has 0 amide bonds. The summed E-state index contributed by atoms with van der Waals surface area (Å²) >= 11 is 15.1. The third kappa shape index (κ3) is 8.78. The third-order valence-corrected chi connectivity index (χ3v) is 14.3. The molecule has 4 nitrogen and oxygen atoms in total. The number of nitrogens with two attached hydrogens (primary N) is 2. The van der Waals surface area contributed by atoms with Crippen LogP contribution in [0.1, 0.15) is 0 Å². The standard InChI is InChI=1S/C16H26N2O2S8/c1-21-11-12(22-2)26-15(25-11)16-27-13(23-9-7-19-5-3-17)14(28-16)24-10-8-20-6-4-18/h3-10,17-18H2,1-2H3. The van der Waals surface area contributed by atoms with Gasteiger partial charge in [-0.15, -0.1) is 47.0 Å². The van der Waals surface area contributed by atoms with E-state index in [2.05, 4.69) is 12.5 Å². The van der Waals surface area contributed by atoms with E-state index in [0.29, 0.717) is 26.3 Å². The van der Waals surface area contributed by atoms with E-state index < -0.39 is 0 Å². The van der Waals surface area contributed by atoms with Crippen molar-refractivity contribution in [3.05, 3.63) is 25.4 Å². The molecule has 28 heavy (non-hydrogen) atoms. The highest BCUT2D eigenvalue weighted by Gasteiger charge is 2.30. The van der Waals surface area contributed by atoms with Crippen molar-refractivity contribution in [2.45, 2.75) is 0 Å². The molecule has 2 aliphatic heterocycles. The van der Waals surface area contributed by atoms with E-state index in [0.717, 1.165) is 24.7 Å². The van der Waals surface area contributed by atoms with E-state index in [1.165, 1.54) is 25.4 Å². The number of rotatable bonds is 14. The fourth-order valence-electron chi connectivity index (χ4n) is 1.90. The van der Waals surface area contributed by atoms with Crippen LogP contribution in [0.2, 0.25) is 0 Å². The van der Waals surface area contributed by atoms with Crippen molar-refractivity contribution < 1.29 is 9.47 Å². The molecule has 0 aromatic rings. The molecule has 0 unspecified atom stereocenters. The highest BCUT2D eigenvalue weighted by Crippen LogP contribution is 2.65. The fourth-order valence-corrected chi connectivity index (χ4v) is 12.9. The topological polar surface area (TPSA) is 70.5 Å². The van der Waals surface area contributed by atoms with Gasteiger partial charge in [0.15, 0.2) is 0 Å². The first-order valence-corrected chi connectivity index (χ1v) is 16.3. The van der Waals surface area contributed by atoms with E-state index in [9.17, 15) is 0 Å². The number of hydrogen-bond donors (Lipinski definition) is 2. The van der Waals surface area contributed by atoms with Crippen LogP contribution in [-0.4, -0.2) is 63.5 Å². The Bertz CT molecular complexity index is 551. The van der Waals surface area contributed by atoms with Crippen LogP contribution in [0.5, 0.6) is 0 Å². The quantitative estimate of drug-likeness (QED) is 0.278. The summed E-state index contributed by atoms with van der Waals surface area (Å²) in [7, 11) is 0. The van der Waals surface area contributed by atoms with E-state index in [1.54, 1.807) is 0 Å². The maximum Gasteiger partial charge on any atom is 0.0717 e. The van der Waals surface area contributed by atoms with Crippen molar-refractivity contribution in [3.8, 4) is 0 Å². The molecule has 0 spiro atoms. The van der Waals surface area contributed by atoms with E-state index in [4.69, 9.17) is 20.9 Å². The molecule has 2 heterocycles. The van der Waals surface area contributed by atoms with Crippen LogP contribution in [0.15, 0.2) is 25.4 Å². The molecule has 0 aromatic heterocycles. The van der Waals surface area contributed by atoms with Crippen LogP contribution in [0, 0.1) is 0 Å². The second-order valence-electron chi connectivity index (χ2n) is 5.04. The molecule has 4 N–H and O–H groups in total. The number of ether oxygens (including phenoxy) is 2. The van der Waals surface area contributed by atoms with E-state index in [-0.39, 0.29) is 0 Å². The maximum absolute atomic E-state index is 5.53. The number of hydrogen-bond acceptors (Lipinski definition) is 12. The van der Waals surface area contributed by atoms with Gasteiger partial charge in [-0.25, -0.2) is 0 Å². The molecular formula is C16H26N2O2S8. The molecule has 0 radical (unpaired) electrons. The Balaban J connectivity index is 1.95. The van der Waals surface area contributed by atoms with Crippen LogP contribution >= 0.6 is 94.1 Å². The Morgan fingerprint density at radius 2 is 1.04 bits per heavy atom. The number of thioether (sulfide) groups is 8. The second-order valence-corrected chi connectivity index (χ2v) is 14.5. The predicted molar refractivity (Wildman–Crippen MR) is 143 cm³/mol. The zero-order chi connectivity index (χ0) is 20.2. The van der Waals surface area contributed by atoms with Gasteiger partial charge in [0.25, 0.3) is 0 Å². The van der Waals surface area contributed by atoms with Gasteiger partial charge in [0, 0.05) is 24.6 Å². The zero-order valence-corrected chi connectivity index (χ0v) is 22.4. The average Bonchev–Trinajstić information content (AvgIpc) is 3.31. The lowest BCUT2D eigenvalue weighted by atomic mass is 10.7. The van der Waals surface area contributed by atoms with Gasteiger partial charge < -0.3 is 20.9 Å². The van der Waals surface area contributed by atoms with Crippen LogP contribution in [0.4, 0.5) is 0 Å². The van der Waals surface area contributed by atoms with Gasteiger partial charge in [-0.05, 0) is 12.5 Å². The SMILES string of the molecule is CSC1=C(SC)SC(=C2SC(SCCOCCN)=C(SCCOCCN)S2)S1. The highest BCUT2D eigenvalue weighted by molar-refractivity contribution is 8.45. The van der Waals surface area contributed by atoms with Crippen LogP contribution < -0.4 is 11.5 Å². The molecule has 12 heteroatoms. The van der Waals surface area contributed by atoms with Gasteiger partial charge in [-0.3, -0.25) is 0 Å². The summed E-state index contributed by atoms with van der Waals surface area (Å²) < 4.78 is 19.5. The predicted octanol–water partition coefficient (Wildman–Crippen LogP) is 5.47. The lowest BCUT2D eigenvalue weighted by Crippen LogP contribution is -2.10. The first-order valence-electron chi connectivity index (χ1n) is 8.56. The molecule has 0 bridgehead atoms. The van der Waals surface area contributed by atoms with Crippen LogP contribution in [0.3, 0.4) is 0 Å². The van der Waals surface area contributed by atoms with Crippen molar-refractivity contribution in [2.75, 3.05) is 63.5 Å². The summed E-state index contributed by atoms with van der Waals surface area (Å²) in [4.78, 5) is 0. The van der Waals surface area contributed by atoms with E-state index >= 15 is 0 Å². The first-order chi connectivity index (χ1) is 13.7. The molecule has 0 aliphatic carbocycles. The fraction of sp³-hybridized carbons (Fsp3) is 0.625. The Morgan fingerprint density at radius 1 is 0.643 bits per heavy atom. The average molecular weight is 535 g/mol. The lowest BCUT2D eigenvalue weighted by molar-refractivity contribution is 0.158. The molecular weight excluding hydrogens is 509 g/mol. The first kappa shape index (κ1) is 26.1. The Labute approximate surface area is 202 Å². The van der Waals surface area contributed by atoms with Gasteiger partial charge in [0.2, 0.25) is 0 Å². The van der Waals surface area contributed by atoms with Gasteiger partial charge >= 0.3 is 0 Å². The molecule has 2 aliphatic rings. The summed E-state index contributed by atoms with van der Waals surface area (Å²) in [5, 5.41) is 0. The van der Waals surface area contributed by atoms with Gasteiger partial charge in [0.1, 0.15) is 0 Å². The molecule has 0 saturated heterocycles. The van der Waals surface area contributed by atoms with Crippen molar-refractivity contribution in [1.29, 1.82) is 0 Å². The van der Waals surface area contributed by atoms with Crippen LogP contribution in [0.25, 0.3) is 0 Å². The van der Waals surface area contributed by atoms with Crippen molar-refractivity contribution in [3.63, 3.8) is 0 Å². The Hall–Kier alpha value is 1.86. The molecule has 0 saturated carbocycles. The summed E-state index contributed by atoms with van der Waals surface area (Å²) in [5.41, 5.74) is 11.0. The van der Waals surface area contributed by atoms with Crippen molar-refractivity contribution >= 4 is 94.1 Å². The summed E-state index contributed by atoms with van der Waals surface area (Å²) in [6.07, 6.45) is 4.32. The molecule has 0 aromatic carbocycles. The maximum atomic E-state index is 5.53. The lowest BCUT2D eigenvalue weighted by Gasteiger charge is -2.06. The normalized spacial score (nSPS) is 17.6. The van der Waals surface area contributed by atoms with Crippen molar-refractivity contribution in [1.82, 2.24) is 0 Å².